The summed E-state index contributed by atoms with van der Waals surface area (Å²) in [5.41, 5.74) is 5.87. The molecule has 7 nitrogen and oxygen atoms in total. The molecule has 1 aromatic carbocycles. The van der Waals surface area contributed by atoms with Crippen LogP contribution in [0.3, 0.4) is 0 Å². The van der Waals surface area contributed by atoms with E-state index in [9.17, 15) is 14.4 Å². The first-order valence-corrected chi connectivity index (χ1v) is 20.5. The maximum Gasteiger partial charge on any atom is 0.220 e. The smallest absolute Gasteiger partial charge is 0.220 e. The van der Waals surface area contributed by atoms with Crippen LogP contribution in [-0.2, 0) is 25.5 Å². The summed E-state index contributed by atoms with van der Waals surface area (Å²) in [5, 5.41) is 6.25. The highest BCUT2D eigenvalue weighted by Crippen LogP contribution is 2.65. The molecule has 51 heavy (non-hydrogen) atoms. The lowest BCUT2D eigenvalue weighted by molar-refractivity contribution is -0.122. The second-order valence-electron chi connectivity index (χ2n) is 17.5. The number of carbonyl (C=O) groups excluding carboxylic acids is 3. The Balaban J connectivity index is 0.881. The third-order valence-electron chi connectivity index (χ3n) is 14.6. The highest BCUT2D eigenvalue weighted by atomic mass is 16.5. The number of nitrogens with zero attached hydrogens (tertiary/aromatic N) is 1. The molecule has 2 heterocycles. The van der Waals surface area contributed by atoms with Crippen LogP contribution in [0.4, 0.5) is 0 Å². The Bertz CT molecular complexity index is 1520. The quantitative estimate of drug-likeness (QED) is 0.176. The minimum atomic E-state index is -0.179. The number of amides is 2. The zero-order chi connectivity index (χ0) is 35.8. The number of hydrogen-bond donors (Lipinski definition) is 2. The Kier molecular flexibility index (Phi) is 11.0. The van der Waals surface area contributed by atoms with Crippen molar-refractivity contribution in [2.24, 2.45) is 35.0 Å². The standard InChI is InChI=1S/C44H63N3O4/c1-29-25-39-42(47(28-29)24-23-46-40(49)13-9-6-10-22-45-41(50)17-14-32-11-7-5-8-12-32)31(3)44(51-39)21-19-35-36-16-15-33-26-34(48)18-20-43(33,4)38(36)27-37(35)30(44)2/h5,7-8,11-12,15,29,31,35-36,38-39,42H,6,9-10,13-14,16-28H2,1-4H3,(H,45,50)(H,46,49)/t29-,31+,35-,36+,38+,39+,42-,43-,44-/m0/s1. The van der Waals surface area contributed by atoms with Crippen LogP contribution in [0.1, 0.15) is 117 Å². The molecule has 2 amide bonds. The molecule has 0 bridgehead atoms. The van der Waals surface area contributed by atoms with E-state index < -0.39 is 0 Å². The van der Waals surface area contributed by atoms with Gasteiger partial charge in [0.1, 0.15) is 5.78 Å². The third-order valence-corrected chi connectivity index (χ3v) is 14.6. The molecule has 2 aliphatic heterocycles. The van der Waals surface area contributed by atoms with Gasteiger partial charge in [0.15, 0.2) is 0 Å². The van der Waals surface area contributed by atoms with E-state index in [1.165, 1.54) is 24.0 Å². The Hall–Kier alpha value is -2.77. The van der Waals surface area contributed by atoms with Gasteiger partial charge in [-0.05, 0) is 105 Å². The average molecular weight is 698 g/mol. The number of Topliss-reactive ketones (excluding diaryl/α,β-unsaturated/α-hetero) is 1. The lowest BCUT2D eigenvalue weighted by atomic mass is 9.57. The normalized spacial score (nSPS) is 35.9. The summed E-state index contributed by atoms with van der Waals surface area (Å²) in [5.74, 6) is 3.68. The van der Waals surface area contributed by atoms with Gasteiger partial charge in [-0.3, -0.25) is 19.3 Å². The number of nitrogens with one attached hydrogen (secondary N) is 2. The predicted octanol–water partition coefficient (Wildman–Crippen LogP) is 7.35. The van der Waals surface area contributed by atoms with Crippen molar-refractivity contribution < 1.29 is 19.1 Å². The zero-order valence-electron chi connectivity index (χ0n) is 31.8. The fourth-order valence-corrected chi connectivity index (χ4v) is 11.8. The first kappa shape index (κ1) is 36.6. The summed E-state index contributed by atoms with van der Waals surface area (Å²) >= 11 is 0. The van der Waals surface area contributed by atoms with E-state index in [1.54, 1.807) is 11.1 Å². The van der Waals surface area contributed by atoms with E-state index >= 15 is 0 Å². The summed E-state index contributed by atoms with van der Waals surface area (Å²) in [6, 6.07) is 10.5. The highest BCUT2D eigenvalue weighted by Gasteiger charge is 2.61. The van der Waals surface area contributed by atoms with Gasteiger partial charge in [0.2, 0.25) is 11.8 Å². The molecule has 7 rings (SSSR count). The number of rotatable bonds is 12. The van der Waals surface area contributed by atoms with Crippen LogP contribution >= 0.6 is 0 Å². The number of ether oxygens (including phenoxy) is 1. The van der Waals surface area contributed by atoms with Crippen molar-refractivity contribution in [1.82, 2.24) is 15.5 Å². The Morgan fingerprint density at radius 1 is 1.00 bits per heavy atom. The Morgan fingerprint density at radius 2 is 1.78 bits per heavy atom. The van der Waals surface area contributed by atoms with Crippen molar-refractivity contribution in [3.8, 4) is 0 Å². The number of unbranched alkanes of at least 4 members (excludes halogenated alkanes) is 2. The monoisotopic (exact) mass is 697 g/mol. The minimum absolute atomic E-state index is 0.0962. The molecule has 2 saturated heterocycles. The van der Waals surface area contributed by atoms with Crippen molar-refractivity contribution in [3.05, 3.63) is 58.7 Å². The van der Waals surface area contributed by atoms with Gasteiger partial charge in [0.25, 0.3) is 0 Å². The number of benzene rings is 1. The van der Waals surface area contributed by atoms with Crippen LogP contribution in [0.15, 0.2) is 53.1 Å². The van der Waals surface area contributed by atoms with Crippen LogP contribution in [0.25, 0.3) is 0 Å². The molecule has 1 aromatic rings. The maximum atomic E-state index is 12.8. The van der Waals surface area contributed by atoms with Gasteiger partial charge in [-0.2, -0.15) is 0 Å². The first-order valence-electron chi connectivity index (χ1n) is 20.5. The van der Waals surface area contributed by atoms with Crippen molar-refractivity contribution in [2.75, 3.05) is 26.2 Å². The fourth-order valence-electron chi connectivity index (χ4n) is 11.8. The second-order valence-corrected chi connectivity index (χ2v) is 17.5. The first-order chi connectivity index (χ1) is 24.6. The van der Waals surface area contributed by atoms with Crippen molar-refractivity contribution in [1.29, 1.82) is 0 Å². The van der Waals surface area contributed by atoms with Gasteiger partial charge in [-0.1, -0.05) is 74.7 Å². The molecule has 2 N–H and O–H groups in total. The SMILES string of the molecule is CC1=C2C[C@@H]3[C@H](CC=C4CC(=O)CC[C@@]43C)[C@@H]2CC[C@]12O[C@@H]1C[C@H](C)CN(CCNC(=O)CCCCCNC(=O)CCc3ccccc3)[C@H]1[C@H]2C. The Morgan fingerprint density at radius 3 is 2.61 bits per heavy atom. The lowest BCUT2D eigenvalue weighted by Gasteiger charge is -2.47. The summed E-state index contributed by atoms with van der Waals surface area (Å²) in [6.45, 7) is 13.0. The molecular formula is C44H63N3O4. The van der Waals surface area contributed by atoms with E-state index in [4.69, 9.17) is 4.74 Å². The Labute approximate surface area is 306 Å². The maximum absolute atomic E-state index is 12.8. The number of aryl methyl sites for hydroxylation is 1. The number of piperidine rings is 1. The summed E-state index contributed by atoms with van der Waals surface area (Å²) in [7, 11) is 0. The average Bonchev–Trinajstić information content (AvgIpc) is 3.64. The van der Waals surface area contributed by atoms with Gasteiger partial charge in [-0.15, -0.1) is 0 Å². The molecule has 4 aliphatic carbocycles. The van der Waals surface area contributed by atoms with E-state index in [2.05, 4.69) is 61.4 Å². The summed E-state index contributed by atoms with van der Waals surface area (Å²) in [4.78, 5) is 40.0. The molecule has 7 heteroatoms. The van der Waals surface area contributed by atoms with Crippen LogP contribution in [0, 0.1) is 35.0 Å². The van der Waals surface area contributed by atoms with Gasteiger partial charge < -0.3 is 15.4 Å². The molecule has 4 fully saturated rings. The van der Waals surface area contributed by atoms with Crippen molar-refractivity contribution >= 4 is 17.6 Å². The van der Waals surface area contributed by atoms with E-state index in [0.717, 1.165) is 70.9 Å². The van der Waals surface area contributed by atoms with E-state index in [0.29, 0.717) is 73.8 Å². The molecule has 0 unspecified atom stereocenters. The van der Waals surface area contributed by atoms with Crippen LogP contribution in [0.2, 0.25) is 0 Å². The fraction of sp³-hybridized carbons (Fsp3) is 0.705. The molecule has 2 saturated carbocycles. The number of hydrogen-bond acceptors (Lipinski definition) is 5. The molecule has 1 spiro atoms. The predicted molar refractivity (Wildman–Crippen MR) is 202 cm³/mol. The minimum Gasteiger partial charge on any atom is -0.365 e. The van der Waals surface area contributed by atoms with Crippen LogP contribution in [0.5, 0.6) is 0 Å². The van der Waals surface area contributed by atoms with E-state index in [-0.39, 0.29) is 28.9 Å². The van der Waals surface area contributed by atoms with Gasteiger partial charge in [-0.25, -0.2) is 0 Å². The third kappa shape index (κ3) is 7.28. The van der Waals surface area contributed by atoms with Gasteiger partial charge in [0.05, 0.1) is 11.7 Å². The van der Waals surface area contributed by atoms with Crippen LogP contribution in [-0.4, -0.2) is 66.4 Å². The van der Waals surface area contributed by atoms with Gasteiger partial charge in [0, 0.05) is 63.8 Å². The number of ketones is 1. The molecule has 6 aliphatic rings. The number of allylic oxidation sites excluding steroid dienone is 3. The zero-order valence-corrected chi connectivity index (χ0v) is 31.8. The topological polar surface area (TPSA) is 87.7 Å². The second kappa shape index (κ2) is 15.3. The largest absolute Gasteiger partial charge is 0.365 e. The number of fused-ring (bicyclic) bond motifs is 6. The highest BCUT2D eigenvalue weighted by molar-refractivity contribution is 5.82. The van der Waals surface area contributed by atoms with Gasteiger partial charge >= 0.3 is 0 Å². The number of carbonyl (C=O) groups is 3. The summed E-state index contributed by atoms with van der Waals surface area (Å²) < 4.78 is 7.32. The van der Waals surface area contributed by atoms with Crippen LogP contribution < -0.4 is 10.6 Å². The molecule has 0 radical (unpaired) electrons. The molecule has 9 atom stereocenters. The summed E-state index contributed by atoms with van der Waals surface area (Å²) in [6.07, 6.45) is 15.4. The van der Waals surface area contributed by atoms with Crippen molar-refractivity contribution in [2.45, 2.75) is 135 Å². The van der Waals surface area contributed by atoms with E-state index in [1.807, 2.05) is 18.2 Å². The number of likely N-dealkylation sites (tertiary alicyclic amines) is 1. The molecular weight excluding hydrogens is 635 g/mol. The lowest BCUT2D eigenvalue weighted by Crippen LogP contribution is -2.54. The van der Waals surface area contributed by atoms with Crippen molar-refractivity contribution in [3.63, 3.8) is 0 Å². The molecule has 278 valence electrons. The molecule has 0 aromatic heterocycles.